The van der Waals surface area contributed by atoms with E-state index in [4.69, 9.17) is 16.9 Å². The van der Waals surface area contributed by atoms with Crippen molar-refractivity contribution in [3.05, 3.63) is 28.9 Å². The highest BCUT2D eigenvalue weighted by molar-refractivity contribution is 6.32. The van der Waals surface area contributed by atoms with E-state index in [0.29, 0.717) is 10.6 Å². The number of halogens is 1. The van der Waals surface area contributed by atoms with Gasteiger partial charge in [-0.1, -0.05) is 11.6 Å². The first-order valence-electron chi connectivity index (χ1n) is 3.73. The maximum Gasteiger partial charge on any atom is 0.101 e. The molecular formula is C9H6ClN3. The van der Waals surface area contributed by atoms with Crippen LogP contribution in [0.15, 0.2) is 18.3 Å². The normalized spacial score (nSPS) is 10.2. The van der Waals surface area contributed by atoms with E-state index < -0.39 is 0 Å². The van der Waals surface area contributed by atoms with Crippen LogP contribution in [-0.4, -0.2) is 9.78 Å². The molecule has 1 aromatic heterocycles. The van der Waals surface area contributed by atoms with Crippen molar-refractivity contribution in [2.75, 3.05) is 0 Å². The molecule has 0 fully saturated rings. The van der Waals surface area contributed by atoms with Gasteiger partial charge in [-0.05, 0) is 12.1 Å². The molecule has 2 rings (SSSR count). The van der Waals surface area contributed by atoms with Gasteiger partial charge >= 0.3 is 0 Å². The van der Waals surface area contributed by atoms with E-state index in [0.717, 1.165) is 10.9 Å². The minimum Gasteiger partial charge on any atom is -0.275 e. The molecule has 4 heteroatoms. The Hall–Kier alpha value is -1.53. The Morgan fingerprint density at radius 3 is 3.00 bits per heavy atom. The van der Waals surface area contributed by atoms with Crippen molar-refractivity contribution in [1.82, 2.24) is 9.78 Å². The van der Waals surface area contributed by atoms with Gasteiger partial charge in [0.05, 0.1) is 16.1 Å². The molecule has 13 heavy (non-hydrogen) atoms. The zero-order chi connectivity index (χ0) is 9.42. The number of hydrogen-bond donors (Lipinski definition) is 0. The molecule has 1 aromatic carbocycles. The average molecular weight is 192 g/mol. The third-order valence-corrected chi connectivity index (χ3v) is 2.14. The number of hydrogen-bond acceptors (Lipinski definition) is 2. The monoisotopic (exact) mass is 191 g/mol. The first-order valence-corrected chi connectivity index (χ1v) is 4.11. The molecule has 0 aliphatic heterocycles. The van der Waals surface area contributed by atoms with Crippen LogP contribution in [0.5, 0.6) is 0 Å². The summed E-state index contributed by atoms with van der Waals surface area (Å²) in [5.74, 6) is 0. The van der Waals surface area contributed by atoms with Crippen molar-refractivity contribution < 1.29 is 0 Å². The van der Waals surface area contributed by atoms with Crippen molar-refractivity contribution in [1.29, 1.82) is 5.26 Å². The van der Waals surface area contributed by atoms with Gasteiger partial charge in [0.1, 0.15) is 6.07 Å². The second-order valence-corrected chi connectivity index (χ2v) is 3.21. The van der Waals surface area contributed by atoms with E-state index in [1.165, 1.54) is 0 Å². The van der Waals surface area contributed by atoms with Crippen LogP contribution in [0.25, 0.3) is 10.9 Å². The molecule has 0 amide bonds. The standard InChI is InChI=1S/C9H6ClN3/c1-13-5-7-2-8(10)6(4-11)3-9(7)12-13/h2-3,5H,1H3. The Morgan fingerprint density at radius 1 is 1.54 bits per heavy atom. The Balaban J connectivity index is 2.82. The molecule has 3 nitrogen and oxygen atoms in total. The Kier molecular flexibility index (Phi) is 1.71. The van der Waals surface area contributed by atoms with E-state index >= 15 is 0 Å². The average Bonchev–Trinajstić information content (AvgIpc) is 2.42. The topological polar surface area (TPSA) is 41.6 Å². The summed E-state index contributed by atoms with van der Waals surface area (Å²) in [6, 6.07) is 5.46. The minimum atomic E-state index is 0.466. The van der Waals surface area contributed by atoms with E-state index in [-0.39, 0.29) is 0 Å². The lowest BCUT2D eigenvalue weighted by atomic mass is 10.2. The number of fused-ring (bicyclic) bond motifs is 1. The molecule has 0 saturated heterocycles. The minimum absolute atomic E-state index is 0.466. The zero-order valence-electron chi connectivity index (χ0n) is 6.95. The first kappa shape index (κ1) is 8.09. The summed E-state index contributed by atoms with van der Waals surface area (Å²) in [6.07, 6.45) is 1.86. The van der Waals surface area contributed by atoms with Crippen molar-refractivity contribution in [3.63, 3.8) is 0 Å². The van der Waals surface area contributed by atoms with Gasteiger partial charge in [0, 0.05) is 18.6 Å². The molecule has 0 atom stereocenters. The van der Waals surface area contributed by atoms with E-state index in [1.54, 1.807) is 16.8 Å². The molecule has 0 spiro atoms. The van der Waals surface area contributed by atoms with Gasteiger partial charge in [-0.2, -0.15) is 10.4 Å². The molecule has 0 aliphatic rings. The molecule has 0 unspecified atom stereocenters. The molecule has 64 valence electrons. The summed E-state index contributed by atoms with van der Waals surface area (Å²) < 4.78 is 1.70. The van der Waals surface area contributed by atoms with Crippen LogP contribution in [-0.2, 0) is 7.05 Å². The lowest BCUT2D eigenvalue weighted by molar-refractivity contribution is 0.779. The van der Waals surface area contributed by atoms with Crippen LogP contribution >= 0.6 is 11.6 Å². The lowest BCUT2D eigenvalue weighted by Gasteiger charge is -1.92. The fourth-order valence-corrected chi connectivity index (χ4v) is 1.47. The van der Waals surface area contributed by atoms with Crippen LogP contribution in [0, 0.1) is 11.3 Å². The van der Waals surface area contributed by atoms with Crippen molar-refractivity contribution in [2.24, 2.45) is 7.05 Å². The van der Waals surface area contributed by atoms with E-state index in [1.807, 2.05) is 19.3 Å². The molecule has 0 aliphatic carbocycles. The van der Waals surface area contributed by atoms with Crippen LogP contribution in [0.1, 0.15) is 5.56 Å². The van der Waals surface area contributed by atoms with Gasteiger partial charge in [-0.15, -0.1) is 0 Å². The summed E-state index contributed by atoms with van der Waals surface area (Å²) in [6.45, 7) is 0. The number of nitriles is 1. The summed E-state index contributed by atoms with van der Waals surface area (Å²) in [5, 5.41) is 14.3. The molecule has 0 radical (unpaired) electrons. The SMILES string of the molecule is Cn1cc2cc(Cl)c(C#N)cc2n1. The van der Waals surface area contributed by atoms with Crippen LogP contribution in [0.3, 0.4) is 0 Å². The van der Waals surface area contributed by atoms with Crippen molar-refractivity contribution in [2.45, 2.75) is 0 Å². The fraction of sp³-hybridized carbons (Fsp3) is 0.111. The third kappa shape index (κ3) is 1.25. The van der Waals surface area contributed by atoms with Crippen molar-refractivity contribution >= 4 is 22.5 Å². The maximum absolute atomic E-state index is 8.72. The van der Waals surface area contributed by atoms with E-state index in [2.05, 4.69) is 5.10 Å². The Bertz CT molecular complexity index is 507. The number of rotatable bonds is 0. The predicted octanol–water partition coefficient (Wildman–Crippen LogP) is 2.10. The van der Waals surface area contributed by atoms with Gasteiger partial charge in [0.2, 0.25) is 0 Å². The highest BCUT2D eigenvalue weighted by Crippen LogP contribution is 2.22. The van der Waals surface area contributed by atoms with Gasteiger partial charge in [0.15, 0.2) is 0 Å². The molecule has 0 N–H and O–H groups in total. The second kappa shape index (κ2) is 2.75. The number of benzene rings is 1. The van der Waals surface area contributed by atoms with Gasteiger partial charge in [-0.3, -0.25) is 4.68 Å². The summed E-state index contributed by atoms with van der Waals surface area (Å²) in [7, 11) is 1.83. The molecular weight excluding hydrogens is 186 g/mol. The number of nitrogens with zero attached hydrogens (tertiary/aromatic N) is 3. The maximum atomic E-state index is 8.72. The number of aromatic nitrogens is 2. The van der Waals surface area contributed by atoms with Crippen molar-refractivity contribution in [3.8, 4) is 6.07 Å². The fourth-order valence-electron chi connectivity index (χ4n) is 1.25. The molecule has 2 aromatic rings. The zero-order valence-corrected chi connectivity index (χ0v) is 7.71. The Labute approximate surface area is 80.1 Å². The predicted molar refractivity (Wildman–Crippen MR) is 50.4 cm³/mol. The smallest absolute Gasteiger partial charge is 0.101 e. The van der Waals surface area contributed by atoms with Crippen LogP contribution in [0.4, 0.5) is 0 Å². The highest BCUT2D eigenvalue weighted by atomic mass is 35.5. The van der Waals surface area contributed by atoms with Crippen LogP contribution < -0.4 is 0 Å². The molecule has 0 bridgehead atoms. The van der Waals surface area contributed by atoms with Gasteiger partial charge < -0.3 is 0 Å². The first-order chi connectivity index (χ1) is 6.20. The van der Waals surface area contributed by atoms with E-state index in [9.17, 15) is 0 Å². The third-order valence-electron chi connectivity index (χ3n) is 1.83. The van der Waals surface area contributed by atoms with Crippen LogP contribution in [0.2, 0.25) is 5.02 Å². The highest BCUT2D eigenvalue weighted by Gasteiger charge is 2.04. The summed E-state index contributed by atoms with van der Waals surface area (Å²) >= 11 is 5.85. The molecule has 0 saturated carbocycles. The second-order valence-electron chi connectivity index (χ2n) is 2.81. The van der Waals surface area contributed by atoms with Gasteiger partial charge in [-0.25, -0.2) is 0 Å². The number of aryl methyl sites for hydroxylation is 1. The quantitative estimate of drug-likeness (QED) is 0.640. The Morgan fingerprint density at radius 2 is 2.31 bits per heavy atom. The van der Waals surface area contributed by atoms with Gasteiger partial charge in [0.25, 0.3) is 0 Å². The largest absolute Gasteiger partial charge is 0.275 e. The summed E-state index contributed by atoms with van der Waals surface area (Å²) in [5.41, 5.74) is 1.26. The molecule has 1 heterocycles. The summed E-state index contributed by atoms with van der Waals surface area (Å²) in [4.78, 5) is 0. The lowest BCUT2D eigenvalue weighted by Crippen LogP contribution is -1.85.